The normalized spacial score (nSPS) is 24.1. The molecule has 14 heavy (non-hydrogen) atoms. The molecule has 1 rings (SSSR count). The average Bonchev–Trinajstić information content (AvgIpc) is 2.50. The molecule has 1 heterocycles. The summed E-state index contributed by atoms with van der Waals surface area (Å²) in [6.07, 6.45) is 3.82. The Balaban J connectivity index is 2.54. The van der Waals surface area contributed by atoms with Crippen LogP contribution >= 0.6 is 0 Å². The molecule has 1 atom stereocenters. The van der Waals surface area contributed by atoms with Crippen molar-refractivity contribution in [1.82, 2.24) is 4.90 Å². The van der Waals surface area contributed by atoms with Gasteiger partial charge in [0, 0.05) is 18.0 Å². The van der Waals surface area contributed by atoms with E-state index in [0.717, 1.165) is 6.54 Å². The summed E-state index contributed by atoms with van der Waals surface area (Å²) in [5, 5.41) is 0. The van der Waals surface area contributed by atoms with Crippen LogP contribution in [0.1, 0.15) is 47.0 Å². The molecule has 82 valence electrons. The predicted octanol–water partition coefficient (Wildman–Crippen LogP) is 2.48. The zero-order chi connectivity index (χ0) is 10.8. The summed E-state index contributed by atoms with van der Waals surface area (Å²) in [5.74, 6) is 0.305. The molecule has 0 aromatic rings. The Morgan fingerprint density at radius 3 is 2.64 bits per heavy atom. The van der Waals surface area contributed by atoms with Gasteiger partial charge in [0.15, 0.2) is 0 Å². The molecule has 2 heteroatoms. The predicted molar refractivity (Wildman–Crippen MR) is 59.3 cm³/mol. The molecule has 1 unspecified atom stereocenters. The lowest BCUT2D eigenvalue weighted by Crippen LogP contribution is -2.40. The fraction of sp³-hybridized carbons (Fsp3) is 0.917. The van der Waals surface area contributed by atoms with Crippen molar-refractivity contribution in [3.63, 3.8) is 0 Å². The van der Waals surface area contributed by atoms with Crippen LogP contribution < -0.4 is 0 Å². The van der Waals surface area contributed by atoms with Crippen LogP contribution in [0, 0.1) is 5.41 Å². The summed E-state index contributed by atoms with van der Waals surface area (Å²) in [5.41, 5.74) is -0.169. The van der Waals surface area contributed by atoms with Crippen LogP contribution in [0.25, 0.3) is 0 Å². The van der Waals surface area contributed by atoms with E-state index in [1.807, 2.05) is 0 Å². The quantitative estimate of drug-likeness (QED) is 0.690. The average molecular weight is 197 g/mol. The summed E-state index contributed by atoms with van der Waals surface area (Å²) in [6, 6.07) is 0.716. The third kappa shape index (κ3) is 2.57. The molecule has 0 aromatic heterocycles. The molecular formula is C12H23NO. The Hall–Kier alpha value is -0.370. The van der Waals surface area contributed by atoms with Crippen LogP contribution in [0.5, 0.6) is 0 Å². The smallest absolute Gasteiger partial charge is 0.136 e. The zero-order valence-electron chi connectivity index (χ0n) is 9.97. The maximum Gasteiger partial charge on any atom is 0.136 e. The molecule has 2 nitrogen and oxygen atoms in total. The third-order valence-corrected chi connectivity index (χ3v) is 3.52. The van der Waals surface area contributed by atoms with Crippen LogP contribution in [-0.2, 0) is 4.79 Å². The first-order chi connectivity index (χ1) is 6.47. The molecule has 0 saturated carbocycles. The molecule has 0 amide bonds. The number of ketones is 1. The second-order valence-corrected chi connectivity index (χ2v) is 5.11. The van der Waals surface area contributed by atoms with E-state index in [-0.39, 0.29) is 5.41 Å². The van der Waals surface area contributed by atoms with Crippen molar-refractivity contribution in [3.05, 3.63) is 0 Å². The highest BCUT2D eigenvalue weighted by Gasteiger charge is 2.31. The topological polar surface area (TPSA) is 20.3 Å². The lowest BCUT2D eigenvalue weighted by atomic mass is 9.88. The fourth-order valence-electron chi connectivity index (χ4n) is 2.18. The molecule has 0 aliphatic carbocycles. The first-order valence-corrected chi connectivity index (χ1v) is 5.72. The minimum atomic E-state index is -0.169. The summed E-state index contributed by atoms with van der Waals surface area (Å²) >= 11 is 0. The Morgan fingerprint density at radius 1 is 1.50 bits per heavy atom. The number of rotatable bonds is 4. The van der Waals surface area contributed by atoms with E-state index in [2.05, 4.69) is 25.7 Å². The van der Waals surface area contributed by atoms with Crippen molar-refractivity contribution < 1.29 is 4.79 Å². The van der Waals surface area contributed by atoms with Crippen LogP contribution in [0.4, 0.5) is 0 Å². The van der Waals surface area contributed by atoms with Gasteiger partial charge < -0.3 is 0 Å². The molecule has 1 aliphatic rings. The lowest BCUT2D eigenvalue weighted by molar-refractivity contribution is -0.125. The molecule has 0 bridgehead atoms. The third-order valence-electron chi connectivity index (χ3n) is 3.52. The van der Waals surface area contributed by atoms with E-state index in [0.29, 0.717) is 11.8 Å². The molecule has 1 fully saturated rings. The lowest BCUT2D eigenvalue weighted by Gasteiger charge is -2.31. The maximum atomic E-state index is 11.4. The van der Waals surface area contributed by atoms with Gasteiger partial charge in [-0.15, -0.1) is 0 Å². The molecule has 0 radical (unpaired) electrons. The van der Waals surface area contributed by atoms with E-state index < -0.39 is 0 Å². The van der Waals surface area contributed by atoms with E-state index in [1.54, 1.807) is 6.92 Å². The van der Waals surface area contributed by atoms with Gasteiger partial charge in [-0.2, -0.15) is 0 Å². The van der Waals surface area contributed by atoms with Crippen molar-refractivity contribution in [1.29, 1.82) is 0 Å². The SMILES string of the molecule is CCC1CCCN1CC(C)(C)C(C)=O. The van der Waals surface area contributed by atoms with Crippen molar-refractivity contribution >= 4 is 5.78 Å². The fourth-order valence-corrected chi connectivity index (χ4v) is 2.18. The van der Waals surface area contributed by atoms with Gasteiger partial charge >= 0.3 is 0 Å². The van der Waals surface area contributed by atoms with Crippen molar-refractivity contribution in [2.24, 2.45) is 5.41 Å². The summed E-state index contributed by atoms with van der Waals surface area (Å²) < 4.78 is 0. The first kappa shape index (κ1) is 11.7. The second kappa shape index (κ2) is 4.43. The van der Waals surface area contributed by atoms with Crippen molar-refractivity contribution in [2.75, 3.05) is 13.1 Å². The standard InChI is InChI=1S/C12H23NO/c1-5-11-7-6-8-13(11)9-12(3,4)10(2)14/h11H,5-9H2,1-4H3. The van der Waals surface area contributed by atoms with Crippen LogP contribution in [0.15, 0.2) is 0 Å². The number of hydrogen-bond donors (Lipinski definition) is 0. The highest BCUT2D eigenvalue weighted by Crippen LogP contribution is 2.26. The van der Waals surface area contributed by atoms with E-state index in [4.69, 9.17) is 0 Å². The number of Topliss-reactive ketones (excluding diaryl/α,β-unsaturated/α-hetero) is 1. The molecule has 1 aliphatic heterocycles. The van der Waals surface area contributed by atoms with E-state index >= 15 is 0 Å². The number of carbonyl (C=O) groups is 1. The van der Waals surface area contributed by atoms with Gasteiger partial charge in [-0.05, 0) is 32.7 Å². The van der Waals surface area contributed by atoms with Gasteiger partial charge in [-0.1, -0.05) is 20.8 Å². The Bertz CT molecular complexity index is 210. The van der Waals surface area contributed by atoms with E-state index in [9.17, 15) is 4.79 Å². The summed E-state index contributed by atoms with van der Waals surface area (Å²) in [7, 11) is 0. The van der Waals surface area contributed by atoms with Gasteiger partial charge in [0.25, 0.3) is 0 Å². The minimum Gasteiger partial charge on any atom is -0.299 e. The highest BCUT2D eigenvalue weighted by molar-refractivity contribution is 5.81. The highest BCUT2D eigenvalue weighted by atomic mass is 16.1. The monoisotopic (exact) mass is 197 g/mol. The Kier molecular flexibility index (Phi) is 3.71. The van der Waals surface area contributed by atoms with Crippen LogP contribution in [0.2, 0.25) is 0 Å². The van der Waals surface area contributed by atoms with E-state index in [1.165, 1.54) is 25.8 Å². The molecule has 0 spiro atoms. The first-order valence-electron chi connectivity index (χ1n) is 5.72. The Morgan fingerprint density at radius 2 is 2.14 bits per heavy atom. The number of nitrogens with zero attached hydrogens (tertiary/aromatic N) is 1. The number of carbonyl (C=O) groups excluding carboxylic acids is 1. The zero-order valence-corrected chi connectivity index (χ0v) is 9.97. The van der Waals surface area contributed by atoms with Gasteiger partial charge in [-0.25, -0.2) is 0 Å². The molecule has 0 aromatic carbocycles. The molecule has 0 N–H and O–H groups in total. The van der Waals surface area contributed by atoms with Crippen molar-refractivity contribution in [2.45, 2.75) is 53.0 Å². The van der Waals surface area contributed by atoms with Gasteiger partial charge in [0.2, 0.25) is 0 Å². The number of likely N-dealkylation sites (tertiary alicyclic amines) is 1. The minimum absolute atomic E-state index is 0.169. The number of hydrogen-bond acceptors (Lipinski definition) is 2. The van der Waals surface area contributed by atoms with Gasteiger partial charge in [0.05, 0.1) is 0 Å². The van der Waals surface area contributed by atoms with Crippen molar-refractivity contribution in [3.8, 4) is 0 Å². The Labute approximate surface area is 87.7 Å². The van der Waals surface area contributed by atoms with Gasteiger partial charge in [-0.3, -0.25) is 9.69 Å². The largest absolute Gasteiger partial charge is 0.299 e. The molecular weight excluding hydrogens is 174 g/mol. The van der Waals surface area contributed by atoms with Crippen LogP contribution in [0.3, 0.4) is 0 Å². The van der Waals surface area contributed by atoms with Crippen LogP contribution in [-0.4, -0.2) is 29.8 Å². The second-order valence-electron chi connectivity index (χ2n) is 5.11. The maximum absolute atomic E-state index is 11.4. The molecule has 1 saturated heterocycles. The van der Waals surface area contributed by atoms with Gasteiger partial charge in [0.1, 0.15) is 5.78 Å². The summed E-state index contributed by atoms with van der Waals surface area (Å²) in [6.45, 7) is 10.2. The summed E-state index contributed by atoms with van der Waals surface area (Å²) in [4.78, 5) is 13.9.